The maximum Gasteiger partial charge on any atom is 0.258 e. The lowest BCUT2D eigenvalue weighted by Gasteiger charge is -2.23. The number of fused-ring (bicyclic) bond motifs is 1. The topological polar surface area (TPSA) is 116 Å². The molecule has 1 aliphatic rings. The summed E-state index contributed by atoms with van der Waals surface area (Å²) >= 11 is 5.93. The second-order valence-electron chi connectivity index (χ2n) is 6.61. The van der Waals surface area contributed by atoms with Gasteiger partial charge in [0.2, 0.25) is 17.8 Å². The SMILES string of the molecule is O=C1C[C@@H](C(=O)Nc2cccc(Cl)c2)c2c(nc(Nc3ccc(F)cc3)[nH]c2=O)N1. The number of anilines is 4. The second kappa shape index (κ2) is 7.96. The summed E-state index contributed by atoms with van der Waals surface area (Å²) in [6.45, 7) is 0. The second-order valence-corrected chi connectivity index (χ2v) is 7.05. The third kappa shape index (κ3) is 4.15. The van der Waals surface area contributed by atoms with Crippen LogP contribution in [-0.4, -0.2) is 21.8 Å². The molecule has 1 aliphatic heterocycles. The molecular formula is C20H15ClFN5O3. The van der Waals surface area contributed by atoms with Crippen molar-refractivity contribution in [1.82, 2.24) is 9.97 Å². The molecule has 0 aliphatic carbocycles. The first-order valence-electron chi connectivity index (χ1n) is 8.92. The van der Waals surface area contributed by atoms with Gasteiger partial charge in [-0.05, 0) is 42.5 Å². The Kier molecular flexibility index (Phi) is 5.20. The third-order valence-corrected chi connectivity index (χ3v) is 4.70. The number of nitrogens with one attached hydrogen (secondary N) is 4. The van der Waals surface area contributed by atoms with Crippen molar-refractivity contribution in [3.8, 4) is 0 Å². The van der Waals surface area contributed by atoms with Gasteiger partial charge in [-0.1, -0.05) is 17.7 Å². The van der Waals surface area contributed by atoms with E-state index >= 15 is 0 Å². The molecule has 30 heavy (non-hydrogen) atoms. The molecular weight excluding hydrogens is 413 g/mol. The van der Waals surface area contributed by atoms with E-state index < -0.39 is 29.1 Å². The van der Waals surface area contributed by atoms with Crippen LogP contribution in [0.15, 0.2) is 53.3 Å². The fraction of sp³-hybridized carbons (Fsp3) is 0.100. The summed E-state index contributed by atoms with van der Waals surface area (Å²) in [4.78, 5) is 44.4. The van der Waals surface area contributed by atoms with Crippen LogP contribution in [-0.2, 0) is 9.59 Å². The smallest absolute Gasteiger partial charge is 0.258 e. The summed E-state index contributed by atoms with van der Waals surface area (Å²) in [5.74, 6) is -2.37. The average molecular weight is 428 g/mol. The van der Waals surface area contributed by atoms with Gasteiger partial charge in [0.25, 0.3) is 5.56 Å². The van der Waals surface area contributed by atoms with Crippen LogP contribution in [0.3, 0.4) is 0 Å². The van der Waals surface area contributed by atoms with Crippen molar-refractivity contribution in [3.63, 3.8) is 0 Å². The lowest BCUT2D eigenvalue weighted by molar-refractivity contribution is -0.123. The van der Waals surface area contributed by atoms with Gasteiger partial charge in [0.15, 0.2) is 0 Å². The van der Waals surface area contributed by atoms with Crippen molar-refractivity contribution in [1.29, 1.82) is 0 Å². The summed E-state index contributed by atoms with van der Waals surface area (Å²) in [5, 5.41) is 8.45. The summed E-state index contributed by atoms with van der Waals surface area (Å²) in [7, 11) is 0. The maximum atomic E-state index is 13.1. The van der Waals surface area contributed by atoms with E-state index in [2.05, 4.69) is 25.9 Å². The van der Waals surface area contributed by atoms with E-state index in [-0.39, 0.29) is 23.8 Å². The predicted octanol–water partition coefficient (Wildman–Crippen LogP) is 3.37. The zero-order valence-corrected chi connectivity index (χ0v) is 16.1. The molecule has 0 radical (unpaired) electrons. The van der Waals surface area contributed by atoms with Crippen molar-refractivity contribution < 1.29 is 14.0 Å². The molecule has 0 bridgehead atoms. The van der Waals surface area contributed by atoms with Crippen molar-refractivity contribution >= 4 is 46.6 Å². The Labute approximate surface area is 174 Å². The molecule has 2 amide bonds. The first kappa shape index (κ1) is 19.6. The maximum absolute atomic E-state index is 13.1. The van der Waals surface area contributed by atoms with Gasteiger partial charge < -0.3 is 16.0 Å². The Morgan fingerprint density at radius 3 is 2.63 bits per heavy atom. The monoisotopic (exact) mass is 427 g/mol. The van der Waals surface area contributed by atoms with Crippen LogP contribution in [0.4, 0.5) is 27.5 Å². The number of halogens is 2. The number of nitrogens with zero attached hydrogens (tertiary/aromatic N) is 1. The lowest BCUT2D eigenvalue weighted by Crippen LogP contribution is -2.36. The van der Waals surface area contributed by atoms with E-state index in [4.69, 9.17) is 11.6 Å². The minimum Gasteiger partial charge on any atom is -0.326 e. The molecule has 1 atom stereocenters. The van der Waals surface area contributed by atoms with Crippen molar-refractivity contribution in [2.45, 2.75) is 12.3 Å². The highest BCUT2D eigenvalue weighted by Gasteiger charge is 2.34. The Morgan fingerprint density at radius 2 is 1.90 bits per heavy atom. The third-order valence-electron chi connectivity index (χ3n) is 4.47. The Hall–Kier alpha value is -3.72. The van der Waals surface area contributed by atoms with Crippen LogP contribution in [0.5, 0.6) is 0 Å². The van der Waals surface area contributed by atoms with Gasteiger partial charge >= 0.3 is 0 Å². The molecule has 3 aromatic rings. The van der Waals surface area contributed by atoms with Crippen molar-refractivity contribution in [2.24, 2.45) is 0 Å². The molecule has 10 heteroatoms. The number of H-pyrrole nitrogens is 1. The number of aromatic nitrogens is 2. The number of aromatic amines is 1. The highest BCUT2D eigenvalue weighted by atomic mass is 35.5. The number of benzene rings is 2. The average Bonchev–Trinajstić information content (AvgIpc) is 2.69. The Bertz CT molecular complexity index is 1200. The summed E-state index contributed by atoms with van der Waals surface area (Å²) in [6, 6.07) is 12.0. The summed E-state index contributed by atoms with van der Waals surface area (Å²) in [6.07, 6.45) is -0.200. The molecule has 0 saturated carbocycles. The Balaban J connectivity index is 1.63. The Morgan fingerprint density at radius 1 is 1.13 bits per heavy atom. The van der Waals surface area contributed by atoms with Crippen LogP contribution in [0, 0.1) is 5.82 Å². The largest absolute Gasteiger partial charge is 0.326 e. The van der Waals surface area contributed by atoms with Crippen LogP contribution >= 0.6 is 11.6 Å². The van der Waals surface area contributed by atoms with E-state index in [9.17, 15) is 18.8 Å². The molecule has 152 valence electrons. The molecule has 4 N–H and O–H groups in total. The van der Waals surface area contributed by atoms with Gasteiger partial charge in [-0.25, -0.2) is 4.39 Å². The van der Waals surface area contributed by atoms with Gasteiger partial charge in [0.05, 0.1) is 11.5 Å². The minimum atomic E-state index is -1.02. The fourth-order valence-electron chi connectivity index (χ4n) is 3.12. The molecule has 0 spiro atoms. The summed E-state index contributed by atoms with van der Waals surface area (Å²) in [5.41, 5.74) is 0.408. The quantitative estimate of drug-likeness (QED) is 0.509. The van der Waals surface area contributed by atoms with Gasteiger partial charge in [-0.3, -0.25) is 19.4 Å². The molecule has 2 aromatic carbocycles. The van der Waals surface area contributed by atoms with Crippen LogP contribution in [0.25, 0.3) is 0 Å². The van der Waals surface area contributed by atoms with E-state index in [1.165, 1.54) is 24.3 Å². The normalized spacial score (nSPS) is 15.1. The minimum absolute atomic E-state index is 0.00847. The number of hydrogen-bond donors (Lipinski definition) is 4. The van der Waals surface area contributed by atoms with Gasteiger partial charge in [-0.15, -0.1) is 0 Å². The number of amides is 2. The highest BCUT2D eigenvalue weighted by Crippen LogP contribution is 2.30. The van der Waals surface area contributed by atoms with Crippen LogP contribution in [0.2, 0.25) is 5.02 Å². The zero-order valence-electron chi connectivity index (χ0n) is 15.3. The van der Waals surface area contributed by atoms with E-state index in [0.717, 1.165) is 0 Å². The number of hydrogen-bond acceptors (Lipinski definition) is 5. The fourth-order valence-corrected chi connectivity index (χ4v) is 3.31. The number of carbonyl (C=O) groups excluding carboxylic acids is 2. The van der Waals surface area contributed by atoms with Gasteiger partial charge in [0.1, 0.15) is 11.6 Å². The molecule has 4 rings (SSSR count). The number of carbonyl (C=O) groups is 2. The number of rotatable bonds is 4. The molecule has 8 nitrogen and oxygen atoms in total. The molecule has 2 heterocycles. The lowest BCUT2D eigenvalue weighted by atomic mass is 9.92. The van der Waals surface area contributed by atoms with Gasteiger partial charge in [-0.2, -0.15) is 4.98 Å². The van der Waals surface area contributed by atoms with Gasteiger partial charge in [0, 0.05) is 22.8 Å². The first-order valence-corrected chi connectivity index (χ1v) is 9.30. The van der Waals surface area contributed by atoms with E-state index in [1.807, 2.05) is 0 Å². The highest BCUT2D eigenvalue weighted by molar-refractivity contribution is 6.30. The summed E-state index contributed by atoms with van der Waals surface area (Å²) < 4.78 is 13.1. The molecule has 1 aromatic heterocycles. The molecule has 0 fully saturated rings. The van der Waals surface area contributed by atoms with E-state index in [0.29, 0.717) is 16.4 Å². The van der Waals surface area contributed by atoms with Crippen LogP contribution < -0.4 is 21.5 Å². The molecule has 0 saturated heterocycles. The molecule has 0 unspecified atom stereocenters. The van der Waals surface area contributed by atoms with Crippen molar-refractivity contribution in [3.05, 3.63) is 75.3 Å². The predicted molar refractivity (Wildman–Crippen MR) is 111 cm³/mol. The standard InChI is InChI=1S/C20H15ClFN5O3/c21-10-2-1-3-13(8-10)23-18(29)14-9-15(28)25-17-16(14)19(30)27-20(26-17)24-12-6-4-11(22)5-7-12/h1-8,14H,9H2,(H,23,29)(H3,24,25,26,27,28,30)/t14-/m1/s1. The van der Waals surface area contributed by atoms with Crippen molar-refractivity contribution in [2.75, 3.05) is 16.0 Å². The zero-order chi connectivity index (χ0) is 21.3. The first-order chi connectivity index (χ1) is 14.4. The van der Waals surface area contributed by atoms with Crippen LogP contribution in [0.1, 0.15) is 17.9 Å². The van der Waals surface area contributed by atoms with E-state index in [1.54, 1.807) is 24.3 Å².